The van der Waals surface area contributed by atoms with Gasteiger partial charge in [-0.05, 0) is 23.8 Å². The molecule has 13 heavy (non-hydrogen) atoms. The van der Waals surface area contributed by atoms with Gasteiger partial charge in [0.05, 0.1) is 6.04 Å². The average Bonchev–Trinajstić information content (AvgIpc) is 2.46. The van der Waals surface area contributed by atoms with Crippen molar-refractivity contribution in [1.29, 1.82) is 0 Å². The summed E-state index contributed by atoms with van der Waals surface area (Å²) in [5.74, 6) is 0.121. The summed E-state index contributed by atoms with van der Waals surface area (Å²) in [7, 11) is 0. The van der Waals surface area contributed by atoms with Gasteiger partial charge in [-0.3, -0.25) is 0 Å². The number of halogens is 2. The molecule has 0 aromatic heterocycles. The van der Waals surface area contributed by atoms with Crippen LogP contribution in [0.2, 0.25) is 0 Å². The van der Waals surface area contributed by atoms with E-state index in [4.69, 9.17) is 5.11 Å². The summed E-state index contributed by atoms with van der Waals surface area (Å²) in [6, 6.07) is 3.81. The number of hydrogen-bond donors (Lipinski definition) is 2. The average molecular weight is 185 g/mol. The first kappa shape index (κ1) is 8.29. The second-order valence-corrected chi connectivity index (χ2v) is 3.13. The van der Waals surface area contributed by atoms with E-state index in [9.17, 15) is 8.78 Å². The molecule has 1 aromatic carbocycles. The Labute approximate surface area is 74.2 Å². The highest BCUT2D eigenvalue weighted by atomic mass is 19.3. The molecule has 0 radical (unpaired) electrons. The SMILES string of the molecule is Oc1ccc2c(c1)CC(C(F)F)N2. The standard InChI is InChI=1S/C9H9F2NO/c10-9(11)8-4-5-3-6(13)1-2-7(5)12-8/h1-3,8-9,12-13H,4H2. The smallest absolute Gasteiger partial charge is 0.258 e. The Morgan fingerprint density at radius 1 is 1.46 bits per heavy atom. The van der Waals surface area contributed by atoms with Crippen LogP contribution < -0.4 is 5.32 Å². The Hall–Kier alpha value is -1.32. The number of alkyl halides is 2. The number of phenols is 1. The summed E-state index contributed by atoms with van der Waals surface area (Å²) in [5, 5.41) is 11.8. The van der Waals surface area contributed by atoms with Crippen LogP contribution in [0.5, 0.6) is 5.75 Å². The fourth-order valence-electron chi connectivity index (χ4n) is 1.53. The molecule has 70 valence electrons. The largest absolute Gasteiger partial charge is 0.508 e. The van der Waals surface area contributed by atoms with E-state index < -0.39 is 12.5 Å². The second kappa shape index (κ2) is 2.87. The third-order valence-corrected chi connectivity index (χ3v) is 2.17. The van der Waals surface area contributed by atoms with E-state index in [1.807, 2.05) is 0 Å². The van der Waals surface area contributed by atoms with Crippen molar-refractivity contribution in [3.8, 4) is 5.75 Å². The molecule has 0 fully saturated rings. The lowest BCUT2D eigenvalue weighted by molar-refractivity contribution is 0.126. The number of nitrogens with one attached hydrogen (secondary N) is 1. The van der Waals surface area contributed by atoms with Gasteiger partial charge in [-0.15, -0.1) is 0 Å². The molecule has 0 saturated heterocycles. The molecule has 1 heterocycles. The second-order valence-electron chi connectivity index (χ2n) is 3.13. The van der Waals surface area contributed by atoms with E-state index in [0.29, 0.717) is 5.69 Å². The van der Waals surface area contributed by atoms with Crippen molar-refractivity contribution in [3.05, 3.63) is 23.8 Å². The van der Waals surface area contributed by atoms with Crippen LogP contribution in [0.4, 0.5) is 14.5 Å². The quantitative estimate of drug-likeness (QED) is 0.656. The maximum Gasteiger partial charge on any atom is 0.258 e. The van der Waals surface area contributed by atoms with Gasteiger partial charge < -0.3 is 10.4 Å². The van der Waals surface area contributed by atoms with Crippen molar-refractivity contribution in [2.75, 3.05) is 5.32 Å². The maximum absolute atomic E-state index is 12.3. The predicted octanol–water partition coefficient (Wildman–Crippen LogP) is 1.99. The van der Waals surface area contributed by atoms with Crippen molar-refractivity contribution in [2.24, 2.45) is 0 Å². The summed E-state index contributed by atoms with van der Waals surface area (Å²) >= 11 is 0. The van der Waals surface area contributed by atoms with Gasteiger partial charge >= 0.3 is 0 Å². The van der Waals surface area contributed by atoms with Crippen molar-refractivity contribution < 1.29 is 13.9 Å². The van der Waals surface area contributed by atoms with Crippen molar-refractivity contribution >= 4 is 5.69 Å². The molecule has 1 aliphatic rings. The van der Waals surface area contributed by atoms with E-state index in [2.05, 4.69) is 5.32 Å². The van der Waals surface area contributed by atoms with Crippen LogP contribution in [-0.2, 0) is 6.42 Å². The van der Waals surface area contributed by atoms with Crippen molar-refractivity contribution in [3.63, 3.8) is 0 Å². The van der Waals surface area contributed by atoms with Crippen LogP contribution in [0.1, 0.15) is 5.56 Å². The fraction of sp³-hybridized carbons (Fsp3) is 0.333. The fourth-order valence-corrected chi connectivity index (χ4v) is 1.53. The molecule has 0 aliphatic carbocycles. The molecule has 0 spiro atoms. The first-order valence-corrected chi connectivity index (χ1v) is 4.03. The molecule has 1 aliphatic heterocycles. The Kier molecular flexibility index (Phi) is 1.83. The summed E-state index contributed by atoms with van der Waals surface area (Å²) in [4.78, 5) is 0. The minimum Gasteiger partial charge on any atom is -0.508 e. The minimum atomic E-state index is -2.37. The molecule has 4 heteroatoms. The van der Waals surface area contributed by atoms with Crippen LogP contribution in [0.25, 0.3) is 0 Å². The first-order valence-electron chi connectivity index (χ1n) is 4.03. The molecule has 0 saturated carbocycles. The van der Waals surface area contributed by atoms with Gasteiger partial charge in [0.1, 0.15) is 5.75 Å². The lowest BCUT2D eigenvalue weighted by Gasteiger charge is -2.08. The van der Waals surface area contributed by atoms with Gasteiger partial charge in [0.15, 0.2) is 0 Å². The van der Waals surface area contributed by atoms with E-state index >= 15 is 0 Å². The third kappa shape index (κ3) is 1.43. The topological polar surface area (TPSA) is 32.3 Å². The zero-order valence-electron chi connectivity index (χ0n) is 6.80. The Bertz CT molecular complexity index is 327. The van der Waals surface area contributed by atoms with Gasteiger partial charge in [-0.1, -0.05) is 0 Å². The number of fused-ring (bicyclic) bond motifs is 1. The van der Waals surface area contributed by atoms with Gasteiger partial charge in [-0.2, -0.15) is 0 Å². The van der Waals surface area contributed by atoms with E-state index in [1.165, 1.54) is 12.1 Å². The van der Waals surface area contributed by atoms with E-state index in [0.717, 1.165) is 5.56 Å². The highest BCUT2D eigenvalue weighted by molar-refractivity contribution is 5.59. The molecule has 2 rings (SSSR count). The highest BCUT2D eigenvalue weighted by Gasteiger charge is 2.27. The van der Waals surface area contributed by atoms with Crippen molar-refractivity contribution in [2.45, 2.75) is 18.9 Å². The molecule has 2 N–H and O–H groups in total. The van der Waals surface area contributed by atoms with Gasteiger partial charge in [-0.25, -0.2) is 8.78 Å². The normalized spacial score (nSPS) is 20.1. The number of anilines is 1. The summed E-state index contributed by atoms with van der Waals surface area (Å²) in [6.07, 6.45) is -2.09. The van der Waals surface area contributed by atoms with Crippen LogP contribution >= 0.6 is 0 Å². The first-order chi connectivity index (χ1) is 6.16. The summed E-state index contributed by atoms with van der Waals surface area (Å²) in [6.45, 7) is 0. The van der Waals surface area contributed by atoms with Crippen LogP contribution in [0, 0.1) is 0 Å². The molecule has 0 amide bonds. The number of rotatable bonds is 1. The number of hydrogen-bond acceptors (Lipinski definition) is 2. The third-order valence-electron chi connectivity index (χ3n) is 2.17. The zero-order chi connectivity index (χ0) is 9.42. The van der Waals surface area contributed by atoms with E-state index in [-0.39, 0.29) is 12.2 Å². The monoisotopic (exact) mass is 185 g/mol. The van der Waals surface area contributed by atoms with Gasteiger partial charge in [0.2, 0.25) is 0 Å². The van der Waals surface area contributed by atoms with Crippen LogP contribution in [-0.4, -0.2) is 17.6 Å². The summed E-state index contributed by atoms with van der Waals surface area (Å²) < 4.78 is 24.6. The molecular weight excluding hydrogens is 176 g/mol. The maximum atomic E-state index is 12.3. The van der Waals surface area contributed by atoms with Crippen LogP contribution in [0.3, 0.4) is 0 Å². The Morgan fingerprint density at radius 3 is 2.92 bits per heavy atom. The molecule has 0 bridgehead atoms. The summed E-state index contributed by atoms with van der Waals surface area (Å²) in [5.41, 5.74) is 1.45. The molecule has 1 atom stereocenters. The molecule has 2 nitrogen and oxygen atoms in total. The van der Waals surface area contributed by atoms with Crippen molar-refractivity contribution in [1.82, 2.24) is 0 Å². The van der Waals surface area contributed by atoms with Gasteiger partial charge in [0.25, 0.3) is 6.43 Å². The van der Waals surface area contributed by atoms with E-state index in [1.54, 1.807) is 6.07 Å². The lowest BCUT2D eigenvalue weighted by atomic mass is 10.1. The zero-order valence-corrected chi connectivity index (χ0v) is 6.80. The number of aromatic hydroxyl groups is 1. The highest BCUT2D eigenvalue weighted by Crippen LogP contribution is 2.30. The molecule has 1 aromatic rings. The number of phenolic OH excluding ortho intramolecular Hbond substituents is 1. The van der Waals surface area contributed by atoms with Gasteiger partial charge in [0, 0.05) is 12.1 Å². The minimum absolute atomic E-state index is 0.121. The van der Waals surface area contributed by atoms with Crippen LogP contribution in [0.15, 0.2) is 18.2 Å². The lowest BCUT2D eigenvalue weighted by Crippen LogP contribution is -2.24. The molecular formula is C9H9F2NO. The molecule has 1 unspecified atom stereocenters. The Morgan fingerprint density at radius 2 is 2.23 bits per heavy atom. The Balaban J connectivity index is 2.25. The number of benzene rings is 1. The predicted molar refractivity (Wildman–Crippen MR) is 45.2 cm³/mol.